The quantitative estimate of drug-likeness (QED) is 0.935. The largest absolute Gasteiger partial charge is 0.478 e. The van der Waals surface area contributed by atoms with Crippen LogP contribution < -0.4 is 10.3 Å². The zero-order valence-corrected chi connectivity index (χ0v) is 12.0. The van der Waals surface area contributed by atoms with E-state index in [1.54, 1.807) is 19.2 Å². The summed E-state index contributed by atoms with van der Waals surface area (Å²) in [4.78, 5) is 27.1. The van der Waals surface area contributed by atoms with E-state index in [9.17, 15) is 9.59 Å². The van der Waals surface area contributed by atoms with Gasteiger partial charge in [0.15, 0.2) is 0 Å². The Kier molecular flexibility index (Phi) is 4.07. The lowest BCUT2D eigenvalue weighted by atomic mass is 10.1. The predicted molar refractivity (Wildman–Crippen MR) is 77.1 cm³/mol. The van der Waals surface area contributed by atoms with Gasteiger partial charge in [0.2, 0.25) is 0 Å². The van der Waals surface area contributed by atoms with E-state index < -0.39 is 5.97 Å². The minimum absolute atomic E-state index is 0.0192. The molecule has 0 amide bonds. The molecule has 1 aromatic carbocycles. The smallest absolute Gasteiger partial charge is 0.335 e. The van der Waals surface area contributed by atoms with E-state index in [-0.39, 0.29) is 23.0 Å². The van der Waals surface area contributed by atoms with Gasteiger partial charge in [0.05, 0.1) is 5.56 Å². The Balaban J connectivity index is 2.43. The summed E-state index contributed by atoms with van der Waals surface area (Å²) in [6.45, 7) is 5.52. The second-order valence-corrected chi connectivity index (χ2v) is 4.93. The Hall–Kier alpha value is -2.63. The van der Waals surface area contributed by atoms with Crippen molar-refractivity contribution in [3.63, 3.8) is 0 Å². The number of hydrogen-bond donors (Lipinski definition) is 1. The zero-order chi connectivity index (χ0) is 15.6. The second kappa shape index (κ2) is 5.78. The first-order chi connectivity index (χ1) is 9.90. The van der Waals surface area contributed by atoms with Crippen LogP contribution in [-0.4, -0.2) is 20.6 Å². The number of aromatic nitrogens is 2. The lowest BCUT2D eigenvalue weighted by Crippen LogP contribution is -2.23. The number of nitrogens with zero attached hydrogens (tertiary/aromatic N) is 2. The SMILES string of the molecule is Cc1ccc(C(=O)O)cc1Oc1nccn(C(C)C)c1=O. The van der Waals surface area contributed by atoms with E-state index in [0.29, 0.717) is 5.75 Å². The average Bonchev–Trinajstić information content (AvgIpc) is 2.42. The molecule has 0 saturated heterocycles. The van der Waals surface area contributed by atoms with E-state index >= 15 is 0 Å². The highest BCUT2D eigenvalue weighted by molar-refractivity contribution is 5.88. The topological polar surface area (TPSA) is 81.4 Å². The Morgan fingerprint density at radius 3 is 2.71 bits per heavy atom. The number of aromatic carboxylic acids is 1. The highest BCUT2D eigenvalue weighted by atomic mass is 16.5. The van der Waals surface area contributed by atoms with Gasteiger partial charge >= 0.3 is 11.5 Å². The summed E-state index contributed by atoms with van der Waals surface area (Å²) in [6, 6.07) is 4.47. The molecule has 0 unspecified atom stereocenters. The van der Waals surface area contributed by atoms with Crippen molar-refractivity contribution in [3.05, 3.63) is 52.1 Å². The maximum absolute atomic E-state index is 12.2. The van der Waals surface area contributed by atoms with Crippen LogP contribution in [0.5, 0.6) is 11.6 Å². The van der Waals surface area contributed by atoms with Gasteiger partial charge < -0.3 is 14.4 Å². The molecule has 0 atom stereocenters. The lowest BCUT2D eigenvalue weighted by Gasteiger charge is -2.12. The Morgan fingerprint density at radius 2 is 2.10 bits per heavy atom. The molecular formula is C15H16N2O4. The third-order valence-corrected chi connectivity index (χ3v) is 3.03. The summed E-state index contributed by atoms with van der Waals surface area (Å²) in [6.07, 6.45) is 3.06. The molecule has 6 heteroatoms. The van der Waals surface area contributed by atoms with Gasteiger partial charge in [0.25, 0.3) is 5.88 Å². The van der Waals surface area contributed by atoms with Gasteiger partial charge in [0, 0.05) is 18.4 Å². The van der Waals surface area contributed by atoms with E-state index in [1.165, 1.54) is 22.9 Å². The summed E-state index contributed by atoms with van der Waals surface area (Å²) >= 11 is 0. The van der Waals surface area contributed by atoms with Crippen LogP contribution in [0.25, 0.3) is 0 Å². The number of rotatable bonds is 4. The van der Waals surface area contributed by atoms with Crippen molar-refractivity contribution in [2.75, 3.05) is 0 Å². The predicted octanol–water partition coefficient (Wildman–Crippen LogP) is 2.62. The van der Waals surface area contributed by atoms with Crippen molar-refractivity contribution in [3.8, 4) is 11.6 Å². The van der Waals surface area contributed by atoms with E-state index in [2.05, 4.69) is 4.98 Å². The molecule has 0 radical (unpaired) electrons. The molecule has 110 valence electrons. The first-order valence-electron chi connectivity index (χ1n) is 6.49. The fraction of sp³-hybridized carbons (Fsp3) is 0.267. The van der Waals surface area contributed by atoms with Crippen molar-refractivity contribution in [1.82, 2.24) is 9.55 Å². The van der Waals surface area contributed by atoms with Crippen LogP contribution in [0, 0.1) is 6.92 Å². The number of carboxylic acid groups (broad SMARTS) is 1. The summed E-state index contributed by atoms with van der Waals surface area (Å²) in [5, 5.41) is 9.00. The highest BCUT2D eigenvalue weighted by Crippen LogP contribution is 2.23. The lowest BCUT2D eigenvalue weighted by molar-refractivity contribution is 0.0696. The van der Waals surface area contributed by atoms with Crippen LogP contribution in [0.15, 0.2) is 35.4 Å². The zero-order valence-electron chi connectivity index (χ0n) is 12.0. The van der Waals surface area contributed by atoms with Gasteiger partial charge in [-0.2, -0.15) is 0 Å². The van der Waals surface area contributed by atoms with Crippen LogP contribution in [0.3, 0.4) is 0 Å². The molecule has 0 bridgehead atoms. The first kappa shape index (κ1) is 14.8. The van der Waals surface area contributed by atoms with Crippen molar-refractivity contribution >= 4 is 5.97 Å². The first-order valence-corrected chi connectivity index (χ1v) is 6.49. The van der Waals surface area contributed by atoms with Gasteiger partial charge in [-0.05, 0) is 38.5 Å². The van der Waals surface area contributed by atoms with Crippen molar-refractivity contribution in [2.24, 2.45) is 0 Å². The molecule has 0 aliphatic carbocycles. The molecule has 0 aliphatic heterocycles. The van der Waals surface area contributed by atoms with Gasteiger partial charge in [-0.15, -0.1) is 0 Å². The number of aryl methyl sites for hydroxylation is 1. The molecule has 0 spiro atoms. The molecule has 1 N–H and O–H groups in total. The monoisotopic (exact) mass is 288 g/mol. The summed E-state index contributed by atoms with van der Waals surface area (Å²) in [7, 11) is 0. The van der Waals surface area contributed by atoms with Crippen LogP contribution in [0.4, 0.5) is 0 Å². The van der Waals surface area contributed by atoms with Crippen LogP contribution in [0.1, 0.15) is 35.8 Å². The minimum atomic E-state index is -1.06. The van der Waals surface area contributed by atoms with E-state index in [1.807, 2.05) is 13.8 Å². The molecule has 0 saturated carbocycles. The third-order valence-electron chi connectivity index (χ3n) is 3.03. The minimum Gasteiger partial charge on any atom is -0.478 e. The molecule has 6 nitrogen and oxygen atoms in total. The summed E-state index contributed by atoms with van der Waals surface area (Å²) in [5.74, 6) is -0.821. The average molecular weight is 288 g/mol. The molecule has 1 heterocycles. The fourth-order valence-corrected chi connectivity index (χ4v) is 1.83. The van der Waals surface area contributed by atoms with Crippen LogP contribution in [0.2, 0.25) is 0 Å². The summed E-state index contributed by atoms with van der Waals surface area (Å²) < 4.78 is 7.01. The molecular weight excluding hydrogens is 272 g/mol. The van der Waals surface area contributed by atoms with Gasteiger partial charge in [-0.25, -0.2) is 9.78 Å². The Morgan fingerprint density at radius 1 is 1.38 bits per heavy atom. The highest BCUT2D eigenvalue weighted by Gasteiger charge is 2.12. The number of benzene rings is 1. The van der Waals surface area contributed by atoms with Crippen molar-refractivity contribution in [2.45, 2.75) is 26.8 Å². The van der Waals surface area contributed by atoms with Crippen LogP contribution >= 0.6 is 0 Å². The fourth-order valence-electron chi connectivity index (χ4n) is 1.83. The number of carbonyl (C=O) groups is 1. The van der Waals surface area contributed by atoms with Gasteiger partial charge in [-0.1, -0.05) is 6.07 Å². The molecule has 2 aromatic rings. The Bertz CT molecular complexity index is 735. The van der Waals surface area contributed by atoms with Gasteiger partial charge in [-0.3, -0.25) is 4.79 Å². The maximum Gasteiger partial charge on any atom is 0.335 e. The Labute approximate surface area is 121 Å². The number of carboxylic acids is 1. The summed E-state index contributed by atoms with van der Waals surface area (Å²) in [5.41, 5.74) is 0.462. The van der Waals surface area contributed by atoms with Gasteiger partial charge in [0.1, 0.15) is 5.75 Å². The molecule has 21 heavy (non-hydrogen) atoms. The molecule has 0 aliphatic rings. The standard InChI is InChI=1S/C15H16N2O4/c1-9(2)17-7-6-16-13(14(17)18)21-12-8-11(15(19)20)5-4-10(12)3/h4-9H,1-3H3,(H,19,20). The van der Waals surface area contributed by atoms with E-state index in [4.69, 9.17) is 9.84 Å². The normalized spacial score (nSPS) is 10.7. The number of ether oxygens (including phenoxy) is 1. The van der Waals surface area contributed by atoms with E-state index in [0.717, 1.165) is 5.56 Å². The van der Waals surface area contributed by atoms with Crippen LogP contribution in [-0.2, 0) is 0 Å². The molecule has 2 rings (SSSR count). The van der Waals surface area contributed by atoms with Crippen molar-refractivity contribution < 1.29 is 14.6 Å². The number of hydrogen-bond acceptors (Lipinski definition) is 4. The van der Waals surface area contributed by atoms with Crippen molar-refractivity contribution in [1.29, 1.82) is 0 Å². The maximum atomic E-state index is 12.2. The second-order valence-electron chi connectivity index (χ2n) is 4.93. The molecule has 1 aromatic heterocycles. The third kappa shape index (κ3) is 3.10. The molecule has 0 fully saturated rings.